The van der Waals surface area contributed by atoms with Crippen LogP contribution in [0, 0.1) is 0 Å². The van der Waals surface area contributed by atoms with Crippen LogP contribution in [0.3, 0.4) is 0 Å². The van der Waals surface area contributed by atoms with Gasteiger partial charge in [-0.05, 0) is 12.7 Å². The Morgan fingerprint density at radius 1 is 1.83 bits per heavy atom. The summed E-state index contributed by atoms with van der Waals surface area (Å²) in [4.78, 5) is 20.9. The van der Waals surface area contributed by atoms with Crippen molar-refractivity contribution in [2.45, 2.75) is 19.4 Å². The van der Waals surface area contributed by atoms with Crippen molar-refractivity contribution in [1.82, 2.24) is 5.32 Å². The van der Waals surface area contributed by atoms with Gasteiger partial charge in [-0.1, -0.05) is 9.03 Å². The van der Waals surface area contributed by atoms with Gasteiger partial charge < -0.3 is 14.7 Å². The Bertz CT molecular complexity index is 136. The molecule has 72 valence electrons. The van der Waals surface area contributed by atoms with Crippen LogP contribution in [0.2, 0.25) is 0 Å². The highest BCUT2D eigenvalue weighted by Crippen LogP contribution is 2.02. The Labute approximate surface area is 79.4 Å². The highest BCUT2D eigenvalue weighted by molar-refractivity contribution is 7.80. The second-order valence-corrected chi connectivity index (χ2v) is 3.14. The molecular formula is C6H13NO3PS-. The lowest BCUT2D eigenvalue weighted by molar-refractivity contribution is -0.172. The number of hydrogen-bond donors (Lipinski definition) is 2. The summed E-state index contributed by atoms with van der Waals surface area (Å²) in [6.07, 6.45) is 0.194. The smallest absolute Gasteiger partial charge is 0.220 e. The van der Waals surface area contributed by atoms with Crippen molar-refractivity contribution in [3.63, 3.8) is 0 Å². The minimum atomic E-state index is -0.774. The molecule has 0 aliphatic rings. The molecule has 0 saturated carbocycles. The average Bonchev–Trinajstić information content (AvgIpc) is 2.02. The molecule has 0 aromatic heterocycles. The Kier molecular flexibility index (Phi) is 7.91. The van der Waals surface area contributed by atoms with Crippen molar-refractivity contribution in [3.05, 3.63) is 0 Å². The summed E-state index contributed by atoms with van der Waals surface area (Å²) in [5.74, 6) is 0.472. The second-order valence-electron chi connectivity index (χ2n) is 2.29. The van der Waals surface area contributed by atoms with Crippen molar-refractivity contribution in [2.75, 3.05) is 12.3 Å². The molecule has 12 heavy (non-hydrogen) atoms. The first kappa shape index (κ1) is 12.2. The maximum absolute atomic E-state index is 10.9. The number of nitrogens with one attached hydrogen (secondary N) is 1. The molecule has 0 radical (unpaired) electrons. The predicted molar refractivity (Wildman–Crippen MR) is 50.3 cm³/mol. The van der Waals surface area contributed by atoms with Gasteiger partial charge in [0.15, 0.2) is 0 Å². The molecule has 6 heteroatoms. The lowest BCUT2D eigenvalue weighted by Gasteiger charge is -2.15. The van der Waals surface area contributed by atoms with Gasteiger partial charge in [0.1, 0.15) is 0 Å². The summed E-state index contributed by atoms with van der Waals surface area (Å²) in [7, 11) is -0.774. The molecule has 0 aromatic rings. The fourth-order valence-corrected chi connectivity index (χ4v) is 1.02. The summed E-state index contributed by atoms with van der Waals surface area (Å²) in [5, 5.41) is 2.62. The number of thiol groups is 1. The second kappa shape index (κ2) is 7.80. The van der Waals surface area contributed by atoms with Crippen LogP contribution in [0.5, 0.6) is 0 Å². The van der Waals surface area contributed by atoms with Crippen molar-refractivity contribution in [1.29, 1.82) is 0 Å². The van der Waals surface area contributed by atoms with Gasteiger partial charge in [0.05, 0.1) is 6.10 Å². The Morgan fingerprint density at radius 3 is 3.00 bits per heavy atom. The van der Waals surface area contributed by atoms with Crippen LogP contribution in [0.25, 0.3) is 0 Å². The molecule has 4 nitrogen and oxygen atoms in total. The molecule has 0 saturated heterocycles. The van der Waals surface area contributed by atoms with E-state index in [4.69, 9.17) is 4.52 Å². The zero-order chi connectivity index (χ0) is 9.40. The monoisotopic (exact) mass is 210 g/mol. The zero-order valence-electron chi connectivity index (χ0n) is 6.87. The summed E-state index contributed by atoms with van der Waals surface area (Å²) in [5.41, 5.74) is 0. The van der Waals surface area contributed by atoms with Crippen LogP contribution in [0.4, 0.5) is 0 Å². The number of carbonyl (C=O) groups excluding carboxylic acids is 1. The Hall–Kier alpha value is 0.170. The summed E-state index contributed by atoms with van der Waals surface area (Å²) >= 11 is 3.91. The first-order chi connectivity index (χ1) is 5.70. The van der Waals surface area contributed by atoms with Gasteiger partial charge in [0.2, 0.25) is 5.91 Å². The standard InChI is InChI=1S/C6H13NO3PS/c1-5(10-11-9)4-7-6(8)2-3-12/h5,11-12H,2-4H2,1H3,(H,7,8)/q-1/t5-/m1/s1. The quantitative estimate of drug-likeness (QED) is 0.467. The van der Waals surface area contributed by atoms with Crippen LogP contribution >= 0.6 is 21.7 Å². The summed E-state index contributed by atoms with van der Waals surface area (Å²) in [6, 6.07) is 0. The highest BCUT2D eigenvalue weighted by Gasteiger charge is 2.02. The van der Waals surface area contributed by atoms with E-state index in [0.29, 0.717) is 18.7 Å². The molecular weight excluding hydrogens is 197 g/mol. The van der Waals surface area contributed by atoms with Crippen LogP contribution < -0.4 is 10.2 Å². The van der Waals surface area contributed by atoms with E-state index < -0.39 is 9.03 Å². The first-order valence-corrected chi connectivity index (χ1v) is 5.06. The molecule has 2 atom stereocenters. The van der Waals surface area contributed by atoms with E-state index in [1.807, 2.05) is 0 Å². The lowest BCUT2D eigenvalue weighted by Crippen LogP contribution is -2.31. The average molecular weight is 210 g/mol. The minimum Gasteiger partial charge on any atom is -0.810 e. The molecule has 0 bridgehead atoms. The van der Waals surface area contributed by atoms with E-state index in [0.717, 1.165) is 0 Å². The lowest BCUT2D eigenvalue weighted by atomic mass is 10.4. The molecule has 1 N–H and O–H groups in total. The largest absolute Gasteiger partial charge is 0.810 e. The van der Waals surface area contributed by atoms with Crippen LogP contribution in [-0.4, -0.2) is 24.3 Å². The molecule has 0 aliphatic heterocycles. The van der Waals surface area contributed by atoms with E-state index in [1.165, 1.54) is 0 Å². The van der Waals surface area contributed by atoms with Gasteiger partial charge >= 0.3 is 0 Å². The molecule has 0 rings (SSSR count). The van der Waals surface area contributed by atoms with Gasteiger partial charge in [-0.25, -0.2) is 0 Å². The molecule has 0 spiro atoms. The number of carbonyl (C=O) groups is 1. The van der Waals surface area contributed by atoms with Crippen molar-refractivity contribution >= 4 is 27.6 Å². The Morgan fingerprint density at radius 2 is 2.50 bits per heavy atom. The summed E-state index contributed by atoms with van der Waals surface area (Å²) < 4.78 is 4.71. The van der Waals surface area contributed by atoms with Crippen LogP contribution in [0.1, 0.15) is 13.3 Å². The van der Waals surface area contributed by atoms with Gasteiger partial charge in [0, 0.05) is 13.0 Å². The third-order valence-electron chi connectivity index (χ3n) is 1.17. The predicted octanol–water partition coefficient (Wildman–Crippen LogP) is -0.304. The van der Waals surface area contributed by atoms with Crippen molar-refractivity contribution in [3.8, 4) is 0 Å². The molecule has 0 heterocycles. The van der Waals surface area contributed by atoms with E-state index >= 15 is 0 Å². The third-order valence-corrected chi connectivity index (χ3v) is 1.90. The summed E-state index contributed by atoms with van der Waals surface area (Å²) in [6.45, 7) is 2.13. The van der Waals surface area contributed by atoms with E-state index in [-0.39, 0.29) is 12.0 Å². The fourth-order valence-electron chi connectivity index (χ4n) is 0.571. The van der Waals surface area contributed by atoms with Gasteiger partial charge in [-0.3, -0.25) is 4.79 Å². The third kappa shape index (κ3) is 6.85. The Balaban J connectivity index is 3.33. The molecule has 0 fully saturated rings. The van der Waals surface area contributed by atoms with Crippen molar-refractivity contribution in [2.24, 2.45) is 0 Å². The van der Waals surface area contributed by atoms with Gasteiger partial charge in [-0.2, -0.15) is 12.6 Å². The zero-order valence-corrected chi connectivity index (χ0v) is 8.77. The van der Waals surface area contributed by atoms with E-state index in [9.17, 15) is 9.69 Å². The number of hydrogen-bond acceptors (Lipinski definition) is 4. The SMILES string of the molecule is C[C@H](CNC(=O)CCS)OP[O-]. The fraction of sp³-hybridized carbons (Fsp3) is 0.833. The normalized spacial score (nSPS) is 13.6. The maximum atomic E-state index is 10.9. The maximum Gasteiger partial charge on any atom is 0.220 e. The molecule has 1 unspecified atom stereocenters. The van der Waals surface area contributed by atoms with E-state index in [2.05, 4.69) is 17.9 Å². The highest BCUT2D eigenvalue weighted by atomic mass is 32.1. The van der Waals surface area contributed by atoms with Crippen LogP contribution in [0.15, 0.2) is 0 Å². The first-order valence-electron chi connectivity index (χ1n) is 3.61. The number of rotatable bonds is 6. The topological polar surface area (TPSA) is 61.4 Å². The number of amides is 1. The van der Waals surface area contributed by atoms with Crippen LogP contribution in [-0.2, 0) is 9.32 Å². The molecule has 0 aliphatic carbocycles. The molecule has 0 aromatic carbocycles. The molecule has 1 amide bonds. The van der Waals surface area contributed by atoms with E-state index in [1.54, 1.807) is 6.92 Å². The van der Waals surface area contributed by atoms with Gasteiger partial charge in [-0.15, -0.1) is 0 Å². The minimum absolute atomic E-state index is 0.0605. The van der Waals surface area contributed by atoms with Gasteiger partial charge in [0.25, 0.3) is 0 Å². The van der Waals surface area contributed by atoms with Crippen molar-refractivity contribution < 1.29 is 14.2 Å².